The number of carbonyl (C=O) groups is 1. The molecule has 4 nitrogen and oxygen atoms in total. The highest BCUT2D eigenvalue weighted by molar-refractivity contribution is 7.16. The molecule has 0 N–H and O–H groups in total. The van der Waals surface area contributed by atoms with Crippen LogP contribution < -0.4 is 9.54 Å². The van der Waals surface area contributed by atoms with Gasteiger partial charge in [-0.25, -0.2) is 0 Å². The third-order valence-corrected chi connectivity index (χ3v) is 5.57. The Labute approximate surface area is 167 Å². The van der Waals surface area contributed by atoms with Gasteiger partial charge in [0.05, 0.1) is 10.2 Å². The van der Waals surface area contributed by atoms with Gasteiger partial charge in [0.2, 0.25) is 0 Å². The molecule has 4 aromatic rings. The number of aromatic nitrogens is 1. The molecule has 0 atom stereocenters. The molecule has 0 unspecified atom stereocenters. The van der Waals surface area contributed by atoms with Crippen LogP contribution in [-0.2, 0) is 7.05 Å². The summed E-state index contributed by atoms with van der Waals surface area (Å²) in [5.41, 5.74) is 4.00. The molecule has 3 aromatic carbocycles. The Balaban J connectivity index is 1.69. The van der Waals surface area contributed by atoms with Crippen molar-refractivity contribution in [2.45, 2.75) is 13.8 Å². The maximum Gasteiger partial charge on any atom is 0.279 e. The number of aryl methyl sites for hydroxylation is 3. The van der Waals surface area contributed by atoms with Crippen LogP contribution in [0.5, 0.6) is 11.5 Å². The summed E-state index contributed by atoms with van der Waals surface area (Å²) < 4.78 is 8.94. The Kier molecular flexibility index (Phi) is 4.84. The summed E-state index contributed by atoms with van der Waals surface area (Å²) in [5, 5.41) is 0. The third kappa shape index (κ3) is 3.62. The molecule has 0 spiro atoms. The SMILES string of the molecule is Cc1cc(C)c2c(c1)sc(=NC(=O)c1cccc(Oc3ccccc3)c1)n2C. The number of rotatable bonds is 3. The Bertz CT molecular complexity index is 1240. The minimum atomic E-state index is -0.282. The van der Waals surface area contributed by atoms with Gasteiger partial charge in [-0.15, -0.1) is 0 Å². The number of hydrogen-bond acceptors (Lipinski definition) is 3. The van der Waals surface area contributed by atoms with Gasteiger partial charge in [-0.05, 0) is 61.4 Å². The molecule has 5 heteroatoms. The molecule has 140 valence electrons. The fourth-order valence-electron chi connectivity index (χ4n) is 3.26. The molecule has 1 heterocycles. The van der Waals surface area contributed by atoms with E-state index < -0.39 is 0 Å². The normalized spacial score (nSPS) is 11.8. The maximum absolute atomic E-state index is 12.8. The molecule has 1 aromatic heterocycles. The van der Waals surface area contributed by atoms with Crippen molar-refractivity contribution in [1.29, 1.82) is 0 Å². The lowest BCUT2D eigenvalue weighted by atomic mass is 10.1. The van der Waals surface area contributed by atoms with Crippen LogP contribution in [0.4, 0.5) is 0 Å². The van der Waals surface area contributed by atoms with Gasteiger partial charge in [0.1, 0.15) is 11.5 Å². The number of hydrogen-bond donors (Lipinski definition) is 0. The molecule has 4 rings (SSSR count). The molecular weight excluding hydrogens is 368 g/mol. The van der Waals surface area contributed by atoms with Crippen LogP contribution in [0, 0.1) is 13.8 Å². The van der Waals surface area contributed by atoms with Gasteiger partial charge in [-0.1, -0.05) is 41.7 Å². The van der Waals surface area contributed by atoms with Crippen LogP contribution >= 0.6 is 11.3 Å². The minimum absolute atomic E-state index is 0.282. The maximum atomic E-state index is 12.8. The second-order valence-electron chi connectivity index (χ2n) is 6.73. The summed E-state index contributed by atoms with van der Waals surface area (Å²) in [4.78, 5) is 17.8. The number of benzene rings is 3. The fourth-order valence-corrected chi connectivity index (χ4v) is 4.45. The molecule has 0 aliphatic heterocycles. The number of carbonyl (C=O) groups excluding carboxylic acids is 1. The van der Waals surface area contributed by atoms with Gasteiger partial charge in [0.15, 0.2) is 4.80 Å². The highest BCUT2D eigenvalue weighted by atomic mass is 32.1. The minimum Gasteiger partial charge on any atom is -0.457 e. The first kappa shape index (κ1) is 18.2. The standard InChI is InChI=1S/C23H20N2O2S/c1-15-12-16(2)21-20(13-15)28-23(25(21)3)24-22(26)17-8-7-11-19(14-17)27-18-9-5-4-6-10-18/h4-14H,1-3H3. The molecule has 0 bridgehead atoms. The lowest BCUT2D eigenvalue weighted by molar-refractivity contribution is 0.0997. The summed E-state index contributed by atoms with van der Waals surface area (Å²) in [5.74, 6) is 1.06. The van der Waals surface area contributed by atoms with Gasteiger partial charge in [0, 0.05) is 12.6 Å². The van der Waals surface area contributed by atoms with E-state index in [0.717, 1.165) is 16.0 Å². The van der Waals surface area contributed by atoms with Crippen LogP contribution in [0.1, 0.15) is 21.5 Å². The Morgan fingerprint density at radius 3 is 2.50 bits per heavy atom. The zero-order chi connectivity index (χ0) is 19.7. The van der Waals surface area contributed by atoms with Crippen LogP contribution in [0.3, 0.4) is 0 Å². The predicted octanol–water partition coefficient (Wildman–Crippen LogP) is 5.39. The first-order valence-corrected chi connectivity index (χ1v) is 9.82. The molecule has 28 heavy (non-hydrogen) atoms. The molecule has 0 radical (unpaired) electrons. The van der Waals surface area contributed by atoms with Crippen molar-refractivity contribution >= 4 is 27.5 Å². The highest BCUT2D eigenvalue weighted by Crippen LogP contribution is 2.24. The molecule has 0 saturated heterocycles. The first-order valence-electron chi connectivity index (χ1n) is 9.00. The topological polar surface area (TPSA) is 43.6 Å². The fraction of sp³-hybridized carbons (Fsp3) is 0.130. The van der Waals surface area contributed by atoms with Crippen LogP contribution in [0.25, 0.3) is 10.2 Å². The number of ether oxygens (including phenoxy) is 1. The van der Waals surface area contributed by atoms with E-state index in [-0.39, 0.29) is 5.91 Å². The van der Waals surface area contributed by atoms with Crippen molar-refractivity contribution in [3.63, 3.8) is 0 Å². The number of amides is 1. The average molecular weight is 388 g/mol. The van der Waals surface area contributed by atoms with Gasteiger partial charge < -0.3 is 9.30 Å². The average Bonchev–Trinajstić information content (AvgIpc) is 2.98. The molecule has 0 saturated carbocycles. The summed E-state index contributed by atoms with van der Waals surface area (Å²) >= 11 is 1.53. The van der Waals surface area contributed by atoms with Crippen molar-refractivity contribution in [2.24, 2.45) is 12.0 Å². The smallest absolute Gasteiger partial charge is 0.279 e. The Morgan fingerprint density at radius 2 is 1.71 bits per heavy atom. The Hall–Kier alpha value is -3.18. The van der Waals surface area contributed by atoms with Gasteiger partial charge in [0.25, 0.3) is 5.91 Å². The quantitative estimate of drug-likeness (QED) is 0.472. The largest absolute Gasteiger partial charge is 0.457 e. The van der Waals surface area contributed by atoms with Crippen molar-refractivity contribution in [3.8, 4) is 11.5 Å². The molecule has 1 amide bonds. The zero-order valence-electron chi connectivity index (χ0n) is 16.0. The molecule has 0 aliphatic rings. The summed E-state index contributed by atoms with van der Waals surface area (Å²) in [6.07, 6.45) is 0. The summed E-state index contributed by atoms with van der Waals surface area (Å²) in [7, 11) is 1.95. The third-order valence-electron chi connectivity index (χ3n) is 4.49. The van der Waals surface area contributed by atoms with E-state index in [2.05, 4.69) is 31.0 Å². The summed E-state index contributed by atoms with van der Waals surface area (Å²) in [6, 6.07) is 20.9. The number of nitrogens with zero attached hydrogens (tertiary/aromatic N) is 2. The van der Waals surface area contributed by atoms with E-state index >= 15 is 0 Å². The number of thiazole rings is 1. The monoisotopic (exact) mass is 388 g/mol. The van der Waals surface area contributed by atoms with Gasteiger partial charge >= 0.3 is 0 Å². The van der Waals surface area contributed by atoms with E-state index in [1.165, 1.54) is 22.5 Å². The van der Waals surface area contributed by atoms with E-state index in [0.29, 0.717) is 16.1 Å². The van der Waals surface area contributed by atoms with Crippen molar-refractivity contribution in [1.82, 2.24) is 4.57 Å². The lowest BCUT2D eigenvalue weighted by Crippen LogP contribution is -2.13. The second-order valence-corrected chi connectivity index (χ2v) is 7.74. The molecule has 0 aliphatic carbocycles. The first-order chi connectivity index (χ1) is 13.5. The van der Waals surface area contributed by atoms with E-state index in [1.54, 1.807) is 18.2 Å². The number of para-hydroxylation sites is 1. The number of fused-ring (bicyclic) bond motifs is 1. The van der Waals surface area contributed by atoms with E-state index in [9.17, 15) is 4.79 Å². The van der Waals surface area contributed by atoms with Crippen LogP contribution in [0.15, 0.2) is 71.7 Å². The van der Waals surface area contributed by atoms with E-state index in [4.69, 9.17) is 4.74 Å². The summed E-state index contributed by atoms with van der Waals surface area (Å²) in [6.45, 7) is 4.16. The molecule has 0 fully saturated rings. The van der Waals surface area contributed by atoms with Gasteiger partial charge in [-0.3, -0.25) is 4.79 Å². The van der Waals surface area contributed by atoms with Crippen LogP contribution in [-0.4, -0.2) is 10.5 Å². The molecular formula is C23H20N2O2S. The lowest BCUT2D eigenvalue weighted by Gasteiger charge is -2.06. The highest BCUT2D eigenvalue weighted by Gasteiger charge is 2.10. The van der Waals surface area contributed by atoms with Crippen molar-refractivity contribution < 1.29 is 9.53 Å². The van der Waals surface area contributed by atoms with Crippen molar-refractivity contribution in [3.05, 3.63) is 88.2 Å². The van der Waals surface area contributed by atoms with E-state index in [1.807, 2.05) is 48.0 Å². The van der Waals surface area contributed by atoms with Crippen molar-refractivity contribution in [2.75, 3.05) is 0 Å². The van der Waals surface area contributed by atoms with Crippen LogP contribution in [0.2, 0.25) is 0 Å². The Morgan fingerprint density at radius 1 is 0.964 bits per heavy atom. The zero-order valence-corrected chi connectivity index (χ0v) is 16.8. The second kappa shape index (κ2) is 7.44. The van der Waals surface area contributed by atoms with Gasteiger partial charge in [-0.2, -0.15) is 4.99 Å². The predicted molar refractivity (Wildman–Crippen MR) is 113 cm³/mol.